The topological polar surface area (TPSA) is 29.9 Å². The molecule has 0 saturated heterocycles. The molecular weight excluding hydrogens is 210 g/mol. The van der Waals surface area contributed by atoms with Crippen molar-refractivity contribution >= 4 is 0 Å². The first kappa shape index (κ1) is 14.2. The molecule has 1 aromatic rings. The lowest BCUT2D eigenvalue weighted by Gasteiger charge is -2.18. The van der Waals surface area contributed by atoms with Crippen LogP contribution >= 0.6 is 0 Å². The first-order valence-electron chi connectivity index (χ1n) is 6.90. The molecule has 0 radical (unpaired) electrons. The van der Waals surface area contributed by atoms with Crippen LogP contribution in [-0.4, -0.2) is 22.9 Å². The van der Waals surface area contributed by atoms with Gasteiger partial charge in [0.2, 0.25) is 0 Å². The smallest absolute Gasteiger partial charge is 0.0644 e. The molecule has 0 fully saturated rings. The maximum atomic E-state index is 4.71. The van der Waals surface area contributed by atoms with Crippen LogP contribution in [0.4, 0.5) is 0 Å². The van der Waals surface area contributed by atoms with Gasteiger partial charge in [-0.05, 0) is 45.2 Å². The second-order valence-corrected chi connectivity index (χ2v) is 4.71. The quantitative estimate of drug-likeness (QED) is 0.739. The fourth-order valence-corrected chi connectivity index (χ4v) is 2.41. The maximum Gasteiger partial charge on any atom is 0.0644 e. The molecule has 3 heteroatoms. The zero-order valence-electron chi connectivity index (χ0n) is 12.0. The zero-order chi connectivity index (χ0) is 12.8. The van der Waals surface area contributed by atoms with Gasteiger partial charge in [-0.3, -0.25) is 4.68 Å². The van der Waals surface area contributed by atoms with Crippen molar-refractivity contribution in [3.63, 3.8) is 0 Å². The van der Waals surface area contributed by atoms with Crippen LogP contribution in [0.2, 0.25) is 0 Å². The Bertz CT molecular complexity index is 341. The molecule has 98 valence electrons. The van der Waals surface area contributed by atoms with E-state index in [1.165, 1.54) is 23.4 Å². The van der Waals surface area contributed by atoms with Crippen LogP contribution in [0.1, 0.15) is 56.6 Å². The van der Waals surface area contributed by atoms with Crippen LogP contribution in [0.25, 0.3) is 0 Å². The molecule has 1 heterocycles. The standard InChI is InChI=1S/C14H27N3/c1-6-9-15-10-13(7-2)17-12(5)14(8-3)11(4)16-17/h13,15H,6-10H2,1-5H3. The molecule has 0 saturated carbocycles. The largest absolute Gasteiger partial charge is 0.315 e. The molecule has 3 nitrogen and oxygen atoms in total. The third-order valence-corrected chi connectivity index (χ3v) is 3.45. The van der Waals surface area contributed by atoms with Gasteiger partial charge >= 0.3 is 0 Å². The second-order valence-electron chi connectivity index (χ2n) is 4.71. The van der Waals surface area contributed by atoms with Crippen LogP contribution in [0.15, 0.2) is 0 Å². The molecule has 0 bridgehead atoms. The molecule has 1 aromatic heterocycles. The van der Waals surface area contributed by atoms with Gasteiger partial charge in [0.25, 0.3) is 0 Å². The Morgan fingerprint density at radius 3 is 2.41 bits per heavy atom. The van der Waals surface area contributed by atoms with Crippen LogP contribution in [0.5, 0.6) is 0 Å². The minimum atomic E-state index is 0.487. The number of hydrogen-bond donors (Lipinski definition) is 1. The molecule has 0 aliphatic heterocycles. The van der Waals surface area contributed by atoms with Gasteiger partial charge < -0.3 is 5.32 Å². The third-order valence-electron chi connectivity index (χ3n) is 3.45. The van der Waals surface area contributed by atoms with E-state index in [2.05, 4.69) is 44.6 Å². The monoisotopic (exact) mass is 237 g/mol. The highest BCUT2D eigenvalue weighted by Crippen LogP contribution is 2.19. The highest BCUT2D eigenvalue weighted by Gasteiger charge is 2.16. The Labute approximate surface area is 106 Å². The van der Waals surface area contributed by atoms with Crippen LogP contribution in [-0.2, 0) is 6.42 Å². The van der Waals surface area contributed by atoms with Gasteiger partial charge in [-0.1, -0.05) is 20.8 Å². The second kappa shape index (κ2) is 6.80. The zero-order valence-corrected chi connectivity index (χ0v) is 12.0. The van der Waals surface area contributed by atoms with E-state index >= 15 is 0 Å². The lowest BCUT2D eigenvalue weighted by Crippen LogP contribution is -2.27. The van der Waals surface area contributed by atoms with Crippen molar-refractivity contribution in [1.29, 1.82) is 0 Å². The summed E-state index contributed by atoms with van der Waals surface area (Å²) in [7, 11) is 0. The fraction of sp³-hybridized carbons (Fsp3) is 0.786. The number of aryl methyl sites for hydroxylation is 1. The molecule has 0 amide bonds. The first-order chi connectivity index (χ1) is 8.15. The summed E-state index contributed by atoms with van der Waals surface area (Å²) in [6, 6.07) is 0.487. The van der Waals surface area contributed by atoms with Crippen molar-refractivity contribution in [3.05, 3.63) is 17.0 Å². The molecule has 1 rings (SSSR count). The summed E-state index contributed by atoms with van der Waals surface area (Å²) < 4.78 is 2.22. The number of rotatable bonds is 7. The minimum Gasteiger partial charge on any atom is -0.315 e. The van der Waals surface area contributed by atoms with Crippen molar-refractivity contribution < 1.29 is 0 Å². The van der Waals surface area contributed by atoms with Crippen molar-refractivity contribution in [3.8, 4) is 0 Å². The maximum absolute atomic E-state index is 4.71. The van der Waals surface area contributed by atoms with Crippen LogP contribution < -0.4 is 5.32 Å². The number of hydrogen-bond acceptors (Lipinski definition) is 2. The lowest BCUT2D eigenvalue weighted by molar-refractivity contribution is 0.403. The van der Waals surface area contributed by atoms with Gasteiger partial charge in [0, 0.05) is 12.2 Å². The summed E-state index contributed by atoms with van der Waals surface area (Å²) in [6.07, 6.45) is 3.39. The molecule has 1 atom stereocenters. The molecule has 1 N–H and O–H groups in total. The van der Waals surface area contributed by atoms with E-state index < -0.39 is 0 Å². The lowest BCUT2D eigenvalue weighted by atomic mass is 10.1. The number of aromatic nitrogens is 2. The van der Waals surface area contributed by atoms with Crippen molar-refractivity contribution in [2.24, 2.45) is 0 Å². The van der Waals surface area contributed by atoms with Gasteiger partial charge in [0.1, 0.15) is 0 Å². The number of nitrogens with zero attached hydrogens (tertiary/aromatic N) is 2. The van der Waals surface area contributed by atoms with Gasteiger partial charge in [-0.15, -0.1) is 0 Å². The van der Waals surface area contributed by atoms with Crippen molar-refractivity contribution in [2.75, 3.05) is 13.1 Å². The highest BCUT2D eigenvalue weighted by molar-refractivity contribution is 5.24. The third kappa shape index (κ3) is 3.32. The normalized spacial score (nSPS) is 13.0. The molecule has 0 aliphatic rings. The van der Waals surface area contributed by atoms with Gasteiger partial charge in [-0.25, -0.2) is 0 Å². The van der Waals surface area contributed by atoms with Crippen LogP contribution in [0, 0.1) is 13.8 Å². The van der Waals surface area contributed by atoms with E-state index in [9.17, 15) is 0 Å². The molecule has 0 aliphatic carbocycles. The molecule has 17 heavy (non-hydrogen) atoms. The summed E-state index contributed by atoms with van der Waals surface area (Å²) >= 11 is 0. The summed E-state index contributed by atoms with van der Waals surface area (Å²) in [5, 5.41) is 8.21. The van der Waals surface area contributed by atoms with Gasteiger partial charge in [-0.2, -0.15) is 5.10 Å². The fourth-order valence-electron chi connectivity index (χ4n) is 2.41. The van der Waals surface area contributed by atoms with Gasteiger partial charge in [0.15, 0.2) is 0 Å². The summed E-state index contributed by atoms with van der Waals surface area (Å²) in [6.45, 7) is 13.1. The van der Waals surface area contributed by atoms with Crippen molar-refractivity contribution in [1.82, 2.24) is 15.1 Å². The average molecular weight is 237 g/mol. The molecule has 1 unspecified atom stereocenters. The van der Waals surface area contributed by atoms with Crippen molar-refractivity contribution in [2.45, 2.75) is 59.9 Å². The predicted molar refractivity (Wildman–Crippen MR) is 73.6 cm³/mol. The summed E-state index contributed by atoms with van der Waals surface area (Å²) in [5.41, 5.74) is 3.95. The van der Waals surface area contributed by atoms with E-state index in [1.54, 1.807) is 0 Å². The predicted octanol–water partition coefficient (Wildman–Crippen LogP) is 3.01. The summed E-state index contributed by atoms with van der Waals surface area (Å²) in [4.78, 5) is 0. The Balaban J connectivity index is 2.81. The Hall–Kier alpha value is -0.830. The molecular formula is C14H27N3. The highest BCUT2D eigenvalue weighted by atomic mass is 15.3. The Morgan fingerprint density at radius 2 is 1.94 bits per heavy atom. The van der Waals surface area contributed by atoms with E-state index in [0.717, 1.165) is 25.9 Å². The SMILES string of the molecule is CCCNCC(CC)n1nc(C)c(CC)c1C. The molecule has 0 spiro atoms. The minimum absolute atomic E-state index is 0.487. The van der Waals surface area contributed by atoms with Gasteiger partial charge in [0.05, 0.1) is 11.7 Å². The van der Waals surface area contributed by atoms with E-state index in [1.807, 2.05) is 0 Å². The summed E-state index contributed by atoms with van der Waals surface area (Å²) in [5.74, 6) is 0. The van der Waals surface area contributed by atoms with Crippen LogP contribution in [0.3, 0.4) is 0 Å². The van der Waals surface area contributed by atoms with E-state index in [0.29, 0.717) is 6.04 Å². The Morgan fingerprint density at radius 1 is 1.24 bits per heavy atom. The average Bonchev–Trinajstić information content (AvgIpc) is 2.60. The first-order valence-corrected chi connectivity index (χ1v) is 6.90. The number of nitrogens with one attached hydrogen (secondary N) is 1. The molecule has 0 aromatic carbocycles. The van der Waals surface area contributed by atoms with E-state index in [4.69, 9.17) is 5.10 Å². The van der Waals surface area contributed by atoms with E-state index in [-0.39, 0.29) is 0 Å². The Kier molecular flexibility index (Phi) is 5.69.